The van der Waals surface area contributed by atoms with Gasteiger partial charge in [0.15, 0.2) is 11.7 Å². The molecule has 0 unspecified atom stereocenters. The number of rotatable bonds is 2. The van der Waals surface area contributed by atoms with Crippen molar-refractivity contribution in [3.63, 3.8) is 0 Å². The van der Waals surface area contributed by atoms with Crippen LogP contribution in [-0.2, 0) is 33.3 Å². The van der Waals surface area contributed by atoms with Crippen LogP contribution in [0.3, 0.4) is 0 Å². The normalized spacial score (nSPS) is 45.0. The lowest BCUT2D eigenvalue weighted by atomic mass is 9.71. The Bertz CT molecular complexity index is 790. The van der Waals surface area contributed by atoms with Crippen molar-refractivity contribution in [2.75, 3.05) is 0 Å². The first-order chi connectivity index (χ1) is 12.5. The van der Waals surface area contributed by atoms with E-state index < -0.39 is 41.1 Å². The van der Waals surface area contributed by atoms with E-state index in [1.165, 1.54) is 13.8 Å². The molecule has 1 saturated carbocycles. The van der Waals surface area contributed by atoms with Gasteiger partial charge in [-0.25, -0.2) is 0 Å². The van der Waals surface area contributed by atoms with Gasteiger partial charge in [-0.1, -0.05) is 18.4 Å². The molecule has 0 N–H and O–H groups in total. The quantitative estimate of drug-likeness (QED) is 0.408. The number of allylic oxidation sites excluding steroid dienone is 1. The average Bonchev–Trinajstić information content (AvgIpc) is 3.41. The fourth-order valence-corrected chi connectivity index (χ4v) is 4.39. The second-order valence-electron chi connectivity index (χ2n) is 8.33. The summed E-state index contributed by atoms with van der Waals surface area (Å²) in [5.74, 6) is 5.24. The molecule has 1 spiro atoms. The Morgan fingerprint density at radius 2 is 1.67 bits per heavy atom. The molecule has 27 heavy (non-hydrogen) atoms. The van der Waals surface area contributed by atoms with Crippen molar-refractivity contribution in [1.82, 2.24) is 0 Å². The maximum absolute atomic E-state index is 11.7. The van der Waals surface area contributed by atoms with Crippen molar-refractivity contribution >= 4 is 11.9 Å². The summed E-state index contributed by atoms with van der Waals surface area (Å²) >= 11 is 0. The Labute approximate surface area is 158 Å². The minimum atomic E-state index is -0.954. The average molecular weight is 376 g/mol. The number of fused-ring (bicyclic) bond motifs is 2. The van der Waals surface area contributed by atoms with E-state index >= 15 is 0 Å². The predicted molar refractivity (Wildman–Crippen MR) is 92.5 cm³/mol. The topological polar surface area (TPSA) is 86.9 Å². The maximum atomic E-state index is 11.7. The highest BCUT2D eigenvalue weighted by Gasteiger charge is 2.87. The van der Waals surface area contributed by atoms with Crippen LogP contribution in [0.2, 0.25) is 0 Å². The molecule has 0 bridgehead atoms. The monoisotopic (exact) mass is 376 g/mol. The summed E-state index contributed by atoms with van der Waals surface area (Å²) in [4.78, 5) is 23.2. The molecule has 3 saturated heterocycles. The molecule has 7 atom stereocenters. The van der Waals surface area contributed by atoms with E-state index in [4.69, 9.17) is 23.7 Å². The SMILES string of the molecule is C=C(C)C#C[C@]12O[C@H]1[C@@H]1OC(C)(C)[C@H](OC(C)=O)C[C@@]13O[C@H]3[C@@H]2OC(C)=O. The van der Waals surface area contributed by atoms with Crippen LogP contribution in [0.15, 0.2) is 12.2 Å². The van der Waals surface area contributed by atoms with Crippen LogP contribution in [0.5, 0.6) is 0 Å². The van der Waals surface area contributed by atoms with E-state index in [1.807, 2.05) is 13.8 Å². The second-order valence-corrected chi connectivity index (χ2v) is 8.33. The van der Waals surface area contributed by atoms with Crippen molar-refractivity contribution in [3.05, 3.63) is 12.2 Å². The molecule has 7 heteroatoms. The first-order valence-electron chi connectivity index (χ1n) is 9.08. The third-order valence-electron chi connectivity index (χ3n) is 5.70. The number of ether oxygens (including phenoxy) is 5. The summed E-state index contributed by atoms with van der Waals surface area (Å²) in [7, 11) is 0. The standard InChI is InChI=1S/C20H24O7/c1-10(2)7-8-19-14(24-12(4)22)15-20(27-15)9-13(23-11(3)21)18(5,6)25-17(20)16(19)26-19/h13-17H,1,9H2,2-6H3/t13-,14+,15+,16+,17+,19-,20+/m1/s1. The number of hydrogen-bond acceptors (Lipinski definition) is 7. The molecule has 0 aromatic carbocycles. The van der Waals surface area contributed by atoms with E-state index in [0.29, 0.717) is 12.0 Å². The minimum Gasteiger partial charge on any atom is -0.459 e. The van der Waals surface area contributed by atoms with Crippen molar-refractivity contribution in [1.29, 1.82) is 0 Å². The third kappa shape index (κ3) is 2.70. The molecule has 7 nitrogen and oxygen atoms in total. The van der Waals surface area contributed by atoms with Crippen LogP contribution in [-0.4, -0.2) is 59.3 Å². The fraction of sp³-hybridized carbons (Fsp3) is 0.700. The molecule has 146 valence electrons. The molecule has 4 rings (SSSR count). The van der Waals surface area contributed by atoms with Gasteiger partial charge in [0.05, 0.1) is 0 Å². The van der Waals surface area contributed by atoms with Gasteiger partial charge in [-0.2, -0.15) is 0 Å². The largest absolute Gasteiger partial charge is 0.459 e. The summed E-state index contributed by atoms with van der Waals surface area (Å²) < 4.78 is 29.4. The third-order valence-corrected chi connectivity index (χ3v) is 5.70. The molecular weight excluding hydrogens is 352 g/mol. The van der Waals surface area contributed by atoms with Crippen molar-refractivity contribution in [2.45, 2.75) is 88.4 Å². The van der Waals surface area contributed by atoms with E-state index in [2.05, 4.69) is 18.4 Å². The molecule has 0 aromatic heterocycles. The molecule has 0 radical (unpaired) electrons. The Morgan fingerprint density at radius 3 is 2.26 bits per heavy atom. The van der Waals surface area contributed by atoms with Crippen LogP contribution in [0.4, 0.5) is 0 Å². The van der Waals surface area contributed by atoms with E-state index in [9.17, 15) is 9.59 Å². The van der Waals surface area contributed by atoms with Crippen LogP contribution < -0.4 is 0 Å². The fourth-order valence-electron chi connectivity index (χ4n) is 4.39. The Morgan fingerprint density at radius 1 is 1.00 bits per heavy atom. The molecule has 1 aliphatic carbocycles. The summed E-state index contributed by atoms with van der Waals surface area (Å²) in [5.41, 5.74) is -1.67. The number of epoxide rings is 2. The molecular formula is C20H24O7. The summed E-state index contributed by atoms with van der Waals surface area (Å²) in [5, 5.41) is 0. The summed E-state index contributed by atoms with van der Waals surface area (Å²) in [6, 6.07) is 0. The first kappa shape index (κ1) is 18.5. The van der Waals surface area contributed by atoms with Gasteiger partial charge in [0.2, 0.25) is 0 Å². The van der Waals surface area contributed by atoms with Gasteiger partial charge >= 0.3 is 11.9 Å². The van der Waals surface area contributed by atoms with Gasteiger partial charge in [0, 0.05) is 20.3 Å². The Hall–Kier alpha value is -1.88. The maximum Gasteiger partial charge on any atom is 0.303 e. The predicted octanol–water partition coefficient (Wildman–Crippen LogP) is 1.29. The van der Waals surface area contributed by atoms with Gasteiger partial charge in [-0.05, 0) is 26.3 Å². The highest BCUT2D eigenvalue weighted by Crippen LogP contribution is 2.66. The van der Waals surface area contributed by atoms with Gasteiger partial charge < -0.3 is 23.7 Å². The lowest BCUT2D eigenvalue weighted by Gasteiger charge is -2.46. The smallest absolute Gasteiger partial charge is 0.303 e. The van der Waals surface area contributed by atoms with Crippen LogP contribution in [0.25, 0.3) is 0 Å². The van der Waals surface area contributed by atoms with Gasteiger partial charge in [-0.3, -0.25) is 9.59 Å². The molecule has 0 aromatic rings. The molecule has 0 amide bonds. The lowest BCUT2D eigenvalue weighted by molar-refractivity contribution is -0.219. The summed E-state index contributed by atoms with van der Waals surface area (Å²) in [6.07, 6.45) is -1.86. The van der Waals surface area contributed by atoms with Crippen LogP contribution in [0.1, 0.15) is 41.0 Å². The van der Waals surface area contributed by atoms with E-state index in [-0.39, 0.29) is 18.2 Å². The molecule has 3 heterocycles. The molecule has 4 fully saturated rings. The van der Waals surface area contributed by atoms with Crippen LogP contribution >= 0.6 is 0 Å². The molecule has 4 aliphatic rings. The van der Waals surface area contributed by atoms with Gasteiger partial charge in [-0.15, -0.1) is 0 Å². The zero-order valence-electron chi connectivity index (χ0n) is 16.2. The van der Waals surface area contributed by atoms with E-state index in [0.717, 1.165) is 0 Å². The zero-order valence-corrected chi connectivity index (χ0v) is 16.2. The molecule has 3 aliphatic heterocycles. The highest BCUT2D eigenvalue weighted by molar-refractivity contribution is 5.67. The number of carbonyl (C=O) groups is 2. The first-order valence-corrected chi connectivity index (χ1v) is 9.08. The Kier molecular flexibility index (Phi) is 3.81. The summed E-state index contributed by atoms with van der Waals surface area (Å²) in [6.45, 7) is 12.1. The van der Waals surface area contributed by atoms with Crippen molar-refractivity contribution in [3.8, 4) is 11.8 Å². The van der Waals surface area contributed by atoms with Crippen LogP contribution in [0, 0.1) is 11.8 Å². The number of hydrogen-bond donors (Lipinski definition) is 0. The minimum absolute atomic E-state index is 0.375. The number of esters is 2. The van der Waals surface area contributed by atoms with Crippen molar-refractivity contribution in [2.24, 2.45) is 0 Å². The Balaban J connectivity index is 1.68. The number of carbonyl (C=O) groups excluding carboxylic acids is 2. The lowest BCUT2D eigenvalue weighted by Crippen LogP contribution is -2.63. The van der Waals surface area contributed by atoms with Gasteiger partial charge in [0.25, 0.3) is 0 Å². The highest BCUT2D eigenvalue weighted by atomic mass is 16.7. The van der Waals surface area contributed by atoms with E-state index in [1.54, 1.807) is 6.92 Å². The zero-order chi connectivity index (χ0) is 19.8. The van der Waals surface area contributed by atoms with Crippen molar-refractivity contribution < 1.29 is 33.3 Å². The second kappa shape index (κ2) is 5.57. The van der Waals surface area contributed by atoms with Gasteiger partial charge in [0.1, 0.15) is 35.6 Å².